The number of anilines is 1. The van der Waals surface area contributed by atoms with Gasteiger partial charge in [0, 0.05) is 55.7 Å². The van der Waals surface area contributed by atoms with E-state index in [0.29, 0.717) is 23.9 Å². The highest BCUT2D eigenvalue weighted by Gasteiger charge is 2.43. The lowest BCUT2D eigenvalue weighted by Crippen LogP contribution is -2.59. The monoisotopic (exact) mass is 504 g/mol. The molecule has 2 aliphatic rings. The Morgan fingerprint density at radius 1 is 0.909 bits per heavy atom. The van der Waals surface area contributed by atoms with Crippen LogP contribution in [0.2, 0.25) is 10.3 Å². The molecule has 5 rings (SSSR count). The van der Waals surface area contributed by atoms with E-state index in [4.69, 9.17) is 23.2 Å². The third kappa shape index (κ3) is 4.17. The number of benzene rings is 2. The van der Waals surface area contributed by atoms with Crippen LogP contribution in [0.3, 0.4) is 0 Å². The Labute approximate surface area is 202 Å². The third-order valence-corrected chi connectivity index (χ3v) is 8.66. The molecule has 2 aliphatic heterocycles. The lowest BCUT2D eigenvalue weighted by Gasteiger charge is -2.42. The van der Waals surface area contributed by atoms with Gasteiger partial charge < -0.3 is 9.80 Å². The fraction of sp³-hybridized carbons (Fsp3) is 0.304. The van der Waals surface area contributed by atoms with Gasteiger partial charge in [0.15, 0.2) is 0 Å². The number of sulfonamides is 1. The first kappa shape index (κ1) is 22.4. The number of fused-ring (bicyclic) bond motifs is 1. The Balaban J connectivity index is 1.25. The second-order valence-electron chi connectivity index (χ2n) is 8.25. The van der Waals surface area contributed by atoms with Crippen molar-refractivity contribution < 1.29 is 13.2 Å². The summed E-state index contributed by atoms with van der Waals surface area (Å²) in [4.78, 5) is 21.2. The summed E-state index contributed by atoms with van der Waals surface area (Å²) < 4.78 is 27.9. The molecule has 10 heteroatoms. The van der Waals surface area contributed by atoms with Crippen molar-refractivity contribution in [2.75, 3.05) is 44.2 Å². The lowest BCUT2D eigenvalue weighted by atomic mass is 10.0. The number of carbonyl (C=O) groups excluding carboxylic acids is 1. The van der Waals surface area contributed by atoms with Crippen LogP contribution in [0.25, 0.3) is 10.8 Å². The highest BCUT2D eigenvalue weighted by Crippen LogP contribution is 2.34. The van der Waals surface area contributed by atoms with Gasteiger partial charge in [0.1, 0.15) is 10.3 Å². The summed E-state index contributed by atoms with van der Waals surface area (Å²) >= 11 is 12.2. The molecule has 33 heavy (non-hydrogen) atoms. The zero-order valence-corrected chi connectivity index (χ0v) is 20.0. The maximum atomic E-state index is 13.3. The van der Waals surface area contributed by atoms with E-state index in [1.54, 1.807) is 12.1 Å². The van der Waals surface area contributed by atoms with Crippen molar-refractivity contribution in [1.82, 2.24) is 14.2 Å². The third-order valence-electron chi connectivity index (χ3n) is 6.28. The minimum atomic E-state index is -3.80. The first-order valence-electron chi connectivity index (χ1n) is 10.7. The molecule has 1 amide bonds. The fourth-order valence-electron chi connectivity index (χ4n) is 4.41. The summed E-state index contributed by atoms with van der Waals surface area (Å²) in [5.41, 5.74) is 1.15. The van der Waals surface area contributed by atoms with Gasteiger partial charge in [-0.3, -0.25) is 4.79 Å². The number of piperazine rings is 1. The number of hydrogen-bond acceptors (Lipinski definition) is 5. The molecule has 0 atom stereocenters. The molecular weight excluding hydrogens is 483 g/mol. The molecule has 0 N–H and O–H groups in total. The van der Waals surface area contributed by atoms with Crippen LogP contribution in [-0.2, 0) is 14.8 Å². The Morgan fingerprint density at radius 2 is 1.61 bits per heavy atom. The van der Waals surface area contributed by atoms with Gasteiger partial charge in [-0.2, -0.15) is 4.31 Å². The summed E-state index contributed by atoms with van der Waals surface area (Å²) in [5, 5.41) is 1.23. The average Bonchev–Trinajstić information content (AvgIpc) is 2.78. The number of nitrogens with zero attached hydrogens (tertiary/aromatic N) is 4. The van der Waals surface area contributed by atoms with Crippen molar-refractivity contribution in [2.24, 2.45) is 5.92 Å². The smallest absolute Gasteiger partial charge is 0.243 e. The van der Waals surface area contributed by atoms with E-state index in [-0.39, 0.29) is 40.1 Å². The summed E-state index contributed by atoms with van der Waals surface area (Å²) in [6, 6.07) is 16.5. The first-order chi connectivity index (χ1) is 15.8. The number of amides is 1. The number of halogens is 2. The zero-order chi connectivity index (χ0) is 23.2. The lowest BCUT2D eigenvalue weighted by molar-refractivity contribution is -0.139. The normalized spacial score (nSPS) is 17.9. The number of carbonyl (C=O) groups is 1. The summed E-state index contributed by atoms with van der Waals surface area (Å²) in [6.07, 6.45) is 0. The molecule has 2 fully saturated rings. The van der Waals surface area contributed by atoms with Crippen molar-refractivity contribution in [1.29, 1.82) is 0 Å². The van der Waals surface area contributed by atoms with Gasteiger partial charge >= 0.3 is 0 Å². The van der Waals surface area contributed by atoms with Crippen LogP contribution >= 0.6 is 23.2 Å². The van der Waals surface area contributed by atoms with E-state index in [9.17, 15) is 13.2 Å². The number of para-hydroxylation sites is 1. The maximum absolute atomic E-state index is 13.3. The Morgan fingerprint density at radius 3 is 2.30 bits per heavy atom. The molecule has 2 aromatic carbocycles. The fourth-order valence-corrected chi connectivity index (χ4v) is 6.64. The van der Waals surface area contributed by atoms with Crippen molar-refractivity contribution in [3.63, 3.8) is 0 Å². The molecule has 3 aromatic rings. The molecule has 0 saturated carbocycles. The van der Waals surface area contributed by atoms with E-state index in [1.807, 2.05) is 23.1 Å². The predicted molar refractivity (Wildman–Crippen MR) is 129 cm³/mol. The van der Waals surface area contributed by atoms with Crippen LogP contribution < -0.4 is 4.90 Å². The highest BCUT2D eigenvalue weighted by molar-refractivity contribution is 7.89. The van der Waals surface area contributed by atoms with Crippen molar-refractivity contribution in [2.45, 2.75) is 4.90 Å². The summed E-state index contributed by atoms with van der Waals surface area (Å²) in [5.74, 6) is -0.311. The second-order valence-corrected chi connectivity index (χ2v) is 10.9. The van der Waals surface area contributed by atoms with Gasteiger partial charge in [0.25, 0.3) is 0 Å². The molecule has 1 aromatic heterocycles. The van der Waals surface area contributed by atoms with Gasteiger partial charge in [-0.25, -0.2) is 13.4 Å². The zero-order valence-electron chi connectivity index (χ0n) is 17.7. The maximum Gasteiger partial charge on any atom is 0.243 e. The van der Waals surface area contributed by atoms with Gasteiger partial charge in [0.05, 0.1) is 10.8 Å². The van der Waals surface area contributed by atoms with E-state index in [0.717, 1.165) is 18.8 Å². The van der Waals surface area contributed by atoms with Gasteiger partial charge in [-0.15, -0.1) is 0 Å². The molecular formula is C23H22Cl2N4O3S. The largest absolute Gasteiger partial charge is 0.368 e. The van der Waals surface area contributed by atoms with Crippen molar-refractivity contribution in [3.05, 3.63) is 64.9 Å². The van der Waals surface area contributed by atoms with E-state index >= 15 is 0 Å². The number of rotatable bonds is 4. The van der Waals surface area contributed by atoms with Crippen LogP contribution in [0, 0.1) is 5.92 Å². The Hall–Kier alpha value is -2.39. The minimum Gasteiger partial charge on any atom is -0.368 e. The molecule has 0 bridgehead atoms. The molecule has 0 unspecified atom stereocenters. The van der Waals surface area contributed by atoms with Crippen LogP contribution in [0.4, 0.5) is 5.69 Å². The van der Waals surface area contributed by atoms with Gasteiger partial charge in [-0.05, 0) is 24.3 Å². The first-order valence-corrected chi connectivity index (χ1v) is 12.9. The summed E-state index contributed by atoms with van der Waals surface area (Å²) in [7, 11) is -3.80. The topological polar surface area (TPSA) is 73.8 Å². The Bertz CT molecular complexity index is 1310. The van der Waals surface area contributed by atoms with Crippen molar-refractivity contribution in [3.8, 4) is 0 Å². The molecule has 3 heterocycles. The van der Waals surface area contributed by atoms with Crippen LogP contribution in [0.5, 0.6) is 0 Å². The van der Waals surface area contributed by atoms with Crippen LogP contribution in [-0.4, -0.2) is 67.8 Å². The molecule has 2 saturated heterocycles. The standard InChI is InChI=1S/C23H22Cl2N4O3S/c24-21-13-19-18(22(25)26-21)7-4-8-20(19)33(31,32)29-14-16(15-29)23(30)28-11-9-27(10-12-28)17-5-2-1-3-6-17/h1-8,13,16H,9-12,14-15H2. The predicted octanol–water partition coefficient (Wildman–Crippen LogP) is 3.51. The second kappa shape index (κ2) is 8.76. The average molecular weight is 505 g/mol. The highest BCUT2D eigenvalue weighted by atomic mass is 35.5. The number of hydrogen-bond donors (Lipinski definition) is 0. The molecule has 7 nitrogen and oxygen atoms in total. The SMILES string of the molecule is O=C(C1CN(S(=O)(=O)c2cccc3c(Cl)nc(Cl)cc23)C1)N1CCN(c2ccccc2)CC1. The van der Waals surface area contributed by atoms with Gasteiger partial charge in [0.2, 0.25) is 15.9 Å². The quantitative estimate of drug-likeness (QED) is 0.508. The van der Waals surface area contributed by atoms with Gasteiger partial charge in [-0.1, -0.05) is 53.5 Å². The molecule has 0 spiro atoms. The van der Waals surface area contributed by atoms with E-state index in [1.165, 1.54) is 16.4 Å². The van der Waals surface area contributed by atoms with Crippen molar-refractivity contribution >= 4 is 55.6 Å². The number of aromatic nitrogens is 1. The van der Waals surface area contributed by atoms with E-state index in [2.05, 4.69) is 22.0 Å². The molecule has 0 aliphatic carbocycles. The molecule has 0 radical (unpaired) electrons. The van der Waals surface area contributed by atoms with E-state index < -0.39 is 10.0 Å². The molecule has 172 valence electrons. The summed E-state index contributed by atoms with van der Waals surface area (Å²) in [6.45, 7) is 3.12. The van der Waals surface area contributed by atoms with Crippen LogP contribution in [0.15, 0.2) is 59.5 Å². The number of pyridine rings is 1. The van der Waals surface area contributed by atoms with Crippen LogP contribution in [0.1, 0.15) is 0 Å². The minimum absolute atomic E-state index is 0.0161. The Kier molecular flexibility index (Phi) is 5.95.